The van der Waals surface area contributed by atoms with Gasteiger partial charge in [-0.05, 0) is 37.0 Å². The molecule has 1 aromatic carbocycles. The highest BCUT2D eigenvalue weighted by atomic mass is 16.3. The van der Waals surface area contributed by atoms with Gasteiger partial charge in [-0.25, -0.2) is 4.79 Å². The van der Waals surface area contributed by atoms with Gasteiger partial charge >= 0.3 is 6.03 Å². The number of hydrogen-bond donors (Lipinski definition) is 8. The van der Waals surface area contributed by atoms with Gasteiger partial charge in [0, 0.05) is 37.5 Å². The Morgan fingerprint density at radius 2 is 1.56 bits per heavy atom. The van der Waals surface area contributed by atoms with Gasteiger partial charge in [0.15, 0.2) is 0 Å². The van der Waals surface area contributed by atoms with Crippen molar-refractivity contribution in [2.24, 2.45) is 23.1 Å². The molecule has 0 bridgehead atoms. The van der Waals surface area contributed by atoms with Crippen molar-refractivity contribution < 1.29 is 29.1 Å². The summed E-state index contributed by atoms with van der Waals surface area (Å²) in [6.45, 7) is 1.83. The van der Waals surface area contributed by atoms with Gasteiger partial charge in [-0.2, -0.15) is 0 Å². The molecule has 11 N–H and O–H groups in total. The second-order valence-electron chi connectivity index (χ2n) is 8.43. The van der Waals surface area contributed by atoms with E-state index in [1.165, 1.54) is 0 Å². The topological polar surface area (TPSA) is 232 Å². The van der Waals surface area contributed by atoms with E-state index in [1.54, 1.807) is 31.2 Å². The predicted molar refractivity (Wildman–Crippen MR) is 133 cm³/mol. The Balaban J connectivity index is 2.53. The number of urea groups is 1. The monoisotopic (exact) mass is 507 g/mol. The van der Waals surface area contributed by atoms with Gasteiger partial charge in [0.2, 0.25) is 23.6 Å². The van der Waals surface area contributed by atoms with Crippen LogP contribution in [0.2, 0.25) is 0 Å². The van der Waals surface area contributed by atoms with Gasteiger partial charge in [0.1, 0.15) is 12.1 Å². The number of carbonyl (C=O) groups excluding carboxylic acids is 5. The van der Waals surface area contributed by atoms with E-state index in [9.17, 15) is 24.0 Å². The first kappa shape index (κ1) is 30.3. The van der Waals surface area contributed by atoms with Crippen molar-refractivity contribution in [3.63, 3.8) is 0 Å². The van der Waals surface area contributed by atoms with Crippen LogP contribution in [0.15, 0.2) is 24.3 Å². The molecule has 0 aliphatic carbocycles. The number of unbranched alkanes of at least 4 members (excludes halogenated alkanes) is 1. The number of anilines is 1. The van der Waals surface area contributed by atoms with Crippen molar-refractivity contribution in [1.82, 2.24) is 16.0 Å². The third kappa shape index (κ3) is 12.1. The standard InChI is InChI=1S/C23H37N7O6/c1-14(20(25)33)4-9-19(32)27-10-2-3-11-28-22(35)18(30-21(34)17(24)13-31)12-15-5-7-16(8-6-15)29-23(26)36/h5-8,14,17-18,31H,2-4,9-13,24H2,1H3,(H2,25,33)(H,27,32)(H,28,35)(H,30,34)(H3,26,29,36). The summed E-state index contributed by atoms with van der Waals surface area (Å²) in [6, 6.07) is 3.75. The summed E-state index contributed by atoms with van der Waals surface area (Å²) in [4.78, 5) is 58.7. The first-order valence-electron chi connectivity index (χ1n) is 11.7. The number of benzene rings is 1. The molecule has 0 spiro atoms. The number of aliphatic hydroxyl groups excluding tert-OH is 1. The van der Waals surface area contributed by atoms with Crippen LogP contribution in [0.25, 0.3) is 0 Å². The maximum atomic E-state index is 12.7. The fourth-order valence-corrected chi connectivity index (χ4v) is 3.06. The van der Waals surface area contributed by atoms with Gasteiger partial charge < -0.3 is 43.6 Å². The molecule has 200 valence electrons. The van der Waals surface area contributed by atoms with Gasteiger partial charge in [-0.15, -0.1) is 0 Å². The molecule has 0 saturated carbocycles. The van der Waals surface area contributed by atoms with Crippen LogP contribution in [0, 0.1) is 5.92 Å². The van der Waals surface area contributed by atoms with Crippen LogP contribution in [0.4, 0.5) is 10.5 Å². The molecule has 0 heterocycles. The normalized spacial score (nSPS) is 13.1. The molecule has 0 saturated heterocycles. The van der Waals surface area contributed by atoms with E-state index in [2.05, 4.69) is 21.3 Å². The molecule has 13 nitrogen and oxygen atoms in total. The minimum absolute atomic E-state index is 0.145. The first-order chi connectivity index (χ1) is 17.0. The Hall–Kier alpha value is -3.71. The highest BCUT2D eigenvalue weighted by Gasteiger charge is 2.23. The van der Waals surface area contributed by atoms with E-state index in [1.807, 2.05) is 0 Å². The number of primary amides is 2. The fraction of sp³-hybridized carbons (Fsp3) is 0.522. The zero-order valence-electron chi connectivity index (χ0n) is 20.4. The minimum atomic E-state index is -1.17. The second-order valence-corrected chi connectivity index (χ2v) is 8.43. The zero-order valence-corrected chi connectivity index (χ0v) is 20.4. The van der Waals surface area contributed by atoms with Crippen molar-refractivity contribution in [3.05, 3.63) is 29.8 Å². The Labute approximate surface area is 209 Å². The number of nitrogens with two attached hydrogens (primary N) is 3. The summed E-state index contributed by atoms with van der Waals surface area (Å²) >= 11 is 0. The molecule has 1 aromatic rings. The molecular formula is C23H37N7O6. The summed E-state index contributed by atoms with van der Waals surface area (Å²) in [5, 5.41) is 19.6. The molecule has 0 aliphatic rings. The van der Waals surface area contributed by atoms with Crippen LogP contribution in [0.5, 0.6) is 0 Å². The molecule has 0 radical (unpaired) electrons. The van der Waals surface area contributed by atoms with Gasteiger partial charge in [-0.1, -0.05) is 19.1 Å². The van der Waals surface area contributed by atoms with Gasteiger partial charge in [-0.3, -0.25) is 19.2 Å². The van der Waals surface area contributed by atoms with Crippen LogP contribution in [0.1, 0.15) is 38.2 Å². The second kappa shape index (κ2) is 16.1. The van der Waals surface area contributed by atoms with Crippen molar-refractivity contribution >= 4 is 35.3 Å². The lowest BCUT2D eigenvalue weighted by molar-refractivity contribution is -0.130. The summed E-state index contributed by atoms with van der Waals surface area (Å²) in [5.41, 5.74) is 17.0. The average Bonchev–Trinajstić information content (AvgIpc) is 2.84. The largest absolute Gasteiger partial charge is 0.394 e. The van der Waals surface area contributed by atoms with Crippen molar-refractivity contribution in [1.29, 1.82) is 0 Å². The summed E-state index contributed by atoms with van der Waals surface area (Å²) in [6.07, 6.45) is 1.92. The van der Waals surface area contributed by atoms with Crippen LogP contribution in [-0.4, -0.2) is 66.5 Å². The van der Waals surface area contributed by atoms with Gasteiger partial charge in [0.05, 0.1) is 6.61 Å². The molecule has 0 aliphatic heterocycles. The quantitative estimate of drug-likeness (QED) is 0.122. The minimum Gasteiger partial charge on any atom is -0.394 e. The van der Waals surface area contributed by atoms with E-state index in [0.29, 0.717) is 43.6 Å². The molecule has 13 heteroatoms. The van der Waals surface area contributed by atoms with E-state index in [4.69, 9.17) is 22.3 Å². The first-order valence-corrected chi connectivity index (χ1v) is 11.7. The number of rotatable bonds is 16. The lowest BCUT2D eigenvalue weighted by Gasteiger charge is -2.20. The molecule has 3 unspecified atom stereocenters. The number of amides is 6. The number of aliphatic hydroxyl groups is 1. The van der Waals surface area contributed by atoms with E-state index in [0.717, 1.165) is 0 Å². The maximum absolute atomic E-state index is 12.7. The Morgan fingerprint density at radius 1 is 0.944 bits per heavy atom. The van der Waals surface area contributed by atoms with Crippen LogP contribution in [0.3, 0.4) is 0 Å². The lowest BCUT2D eigenvalue weighted by atomic mass is 10.0. The van der Waals surface area contributed by atoms with E-state index < -0.39 is 42.4 Å². The maximum Gasteiger partial charge on any atom is 0.316 e. The zero-order chi connectivity index (χ0) is 27.1. The molecule has 0 fully saturated rings. The number of hydrogen-bond acceptors (Lipinski definition) is 7. The molecular weight excluding hydrogens is 470 g/mol. The molecule has 3 atom stereocenters. The molecule has 36 heavy (non-hydrogen) atoms. The number of carbonyl (C=O) groups is 5. The van der Waals surface area contributed by atoms with Crippen molar-refractivity contribution in [3.8, 4) is 0 Å². The van der Waals surface area contributed by atoms with Crippen molar-refractivity contribution in [2.75, 3.05) is 25.0 Å². The Bertz CT molecular complexity index is 893. The van der Waals surface area contributed by atoms with Crippen LogP contribution < -0.4 is 38.5 Å². The highest BCUT2D eigenvalue weighted by Crippen LogP contribution is 2.11. The van der Waals surface area contributed by atoms with Gasteiger partial charge in [0.25, 0.3) is 0 Å². The third-order valence-corrected chi connectivity index (χ3v) is 5.34. The fourth-order valence-electron chi connectivity index (χ4n) is 3.06. The smallest absolute Gasteiger partial charge is 0.316 e. The third-order valence-electron chi connectivity index (χ3n) is 5.34. The molecule has 1 rings (SSSR count). The van der Waals surface area contributed by atoms with Crippen molar-refractivity contribution in [2.45, 2.75) is 51.1 Å². The average molecular weight is 508 g/mol. The lowest BCUT2D eigenvalue weighted by Crippen LogP contribution is -2.53. The molecule has 6 amide bonds. The Morgan fingerprint density at radius 3 is 2.11 bits per heavy atom. The predicted octanol–water partition coefficient (Wildman–Crippen LogP) is -1.56. The van der Waals surface area contributed by atoms with Crippen LogP contribution in [-0.2, 0) is 25.6 Å². The van der Waals surface area contributed by atoms with E-state index >= 15 is 0 Å². The summed E-state index contributed by atoms with van der Waals surface area (Å²) in [5.74, 6) is -2.08. The summed E-state index contributed by atoms with van der Waals surface area (Å²) in [7, 11) is 0. The Kier molecular flexibility index (Phi) is 13.5. The molecule has 0 aromatic heterocycles. The summed E-state index contributed by atoms with van der Waals surface area (Å²) < 4.78 is 0. The highest BCUT2D eigenvalue weighted by molar-refractivity contribution is 5.90. The van der Waals surface area contributed by atoms with Crippen LogP contribution >= 0.6 is 0 Å². The SMILES string of the molecule is CC(CCC(=O)NCCCCNC(=O)C(Cc1ccc(NC(N)=O)cc1)NC(=O)C(N)CO)C(N)=O. The van der Waals surface area contributed by atoms with E-state index in [-0.39, 0.29) is 24.7 Å². The number of nitrogens with one attached hydrogen (secondary N) is 4.